The largest absolute Gasteiger partial charge is 0.478 e. The van der Waals surface area contributed by atoms with Crippen molar-refractivity contribution in [2.24, 2.45) is 0 Å². The minimum atomic E-state index is -1.16. The van der Waals surface area contributed by atoms with E-state index in [-0.39, 0.29) is 11.1 Å². The van der Waals surface area contributed by atoms with E-state index < -0.39 is 17.1 Å². The van der Waals surface area contributed by atoms with Crippen LogP contribution in [0.4, 0.5) is 0 Å². The van der Waals surface area contributed by atoms with E-state index in [0.29, 0.717) is 31.7 Å². The maximum absolute atomic E-state index is 12.0. The molecule has 0 radical (unpaired) electrons. The van der Waals surface area contributed by atoms with Crippen molar-refractivity contribution in [3.63, 3.8) is 0 Å². The summed E-state index contributed by atoms with van der Waals surface area (Å²) in [5.41, 5.74) is -1.00. The van der Waals surface area contributed by atoms with Crippen LogP contribution >= 0.6 is 0 Å². The van der Waals surface area contributed by atoms with Crippen LogP contribution in [0.1, 0.15) is 23.7 Å². The van der Waals surface area contributed by atoms with Gasteiger partial charge in [0.05, 0.1) is 16.6 Å². The number of rotatable bonds is 6. The van der Waals surface area contributed by atoms with Crippen LogP contribution in [0, 0.1) is 0 Å². The fraction of sp³-hybridized carbons (Fsp3) is 0.357. The summed E-state index contributed by atoms with van der Waals surface area (Å²) in [4.78, 5) is 37.2. The van der Waals surface area contributed by atoms with E-state index in [1.54, 1.807) is 12.1 Å². The molecule has 2 rings (SSSR count). The number of carboxylic acid groups (broad SMARTS) is 1. The predicted molar refractivity (Wildman–Crippen MR) is 76.9 cm³/mol. The summed E-state index contributed by atoms with van der Waals surface area (Å²) < 4.78 is 6.50. The zero-order valence-corrected chi connectivity index (χ0v) is 11.6. The van der Waals surface area contributed by atoms with Gasteiger partial charge in [0.25, 0.3) is 0 Å². The Morgan fingerprint density at radius 3 is 2.81 bits per heavy atom. The van der Waals surface area contributed by atoms with E-state index in [4.69, 9.17) is 9.84 Å². The number of ether oxygens (including phenoxy) is 1. The number of aryl methyl sites for hydroxylation is 1. The highest BCUT2D eigenvalue weighted by molar-refractivity contribution is 6.00. The van der Waals surface area contributed by atoms with Crippen molar-refractivity contribution in [3.05, 3.63) is 44.5 Å². The summed E-state index contributed by atoms with van der Waals surface area (Å²) in [6.45, 7) is 3.21. The minimum Gasteiger partial charge on any atom is -0.478 e. The number of H-pyrrole nitrogens is 1. The molecule has 0 bridgehead atoms. The van der Waals surface area contributed by atoms with Gasteiger partial charge in [-0.2, -0.15) is 0 Å². The van der Waals surface area contributed by atoms with Crippen LogP contribution in [-0.2, 0) is 11.3 Å². The van der Waals surface area contributed by atoms with Gasteiger partial charge in [0.1, 0.15) is 0 Å². The summed E-state index contributed by atoms with van der Waals surface area (Å²) >= 11 is 0. The van der Waals surface area contributed by atoms with Crippen LogP contribution in [0.25, 0.3) is 11.0 Å². The highest BCUT2D eigenvalue weighted by Gasteiger charge is 2.13. The van der Waals surface area contributed by atoms with Crippen LogP contribution in [-0.4, -0.2) is 33.8 Å². The molecule has 0 amide bonds. The van der Waals surface area contributed by atoms with Crippen LogP contribution in [0.15, 0.2) is 27.8 Å². The molecule has 0 aliphatic carbocycles. The second kappa shape index (κ2) is 6.36. The van der Waals surface area contributed by atoms with E-state index in [0.717, 1.165) is 0 Å². The normalized spacial score (nSPS) is 10.9. The van der Waals surface area contributed by atoms with Gasteiger partial charge < -0.3 is 19.4 Å². The number of carbonyl (C=O) groups is 1. The van der Waals surface area contributed by atoms with Crippen molar-refractivity contribution in [1.82, 2.24) is 9.55 Å². The maximum Gasteiger partial charge on any atom is 0.337 e. The van der Waals surface area contributed by atoms with Crippen LogP contribution < -0.4 is 11.1 Å². The van der Waals surface area contributed by atoms with Crippen molar-refractivity contribution in [1.29, 1.82) is 0 Å². The molecule has 0 atom stereocenters. The Kier molecular flexibility index (Phi) is 4.54. The lowest BCUT2D eigenvalue weighted by atomic mass is 10.1. The molecule has 7 nitrogen and oxygen atoms in total. The molecule has 2 aromatic rings. The quantitative estimate of drug-likeness (QED) is 0.606. The highest BCUT2D eigenvalue weighted by Crippen LogP contribution is 2.14. The van der Waals surface area contributed by atoms with Gasteiger partial charge in [-0.15, -0.1) is 0 Å². The number of aromatic carboxylic acids is 1. The molecule has 112 valence electrons. The molecule has 0 aliphatic rings. The van der Waals surface area contributed by atoms with Crippen LogP contribution in [0.3, 0.4) is 0 Å². The highest BCUT2D eigenvalue weighted by atomic mass is 16.5. The van der Waals surface area contributed by atoms with E-state index in [1.165, 1.54) is 10.6 Å². The SMILES string of the molecule is CCOCCCn1c(=O)c(=O)[nH]c2c(C(=O)O)cccc21. The van der Waals surface area contributed by atoms with E-state index in [9.17, 15) is 14.4 Å². The summed E-state index contributed by atoms with van der Waals surface area (Å²) in [5.74, 6) is -1.16. The minimum absolute atomic E-state index is 0.0387. The van der Waals surface area contributed by atoms with Crippen molar-refractivity contribution in [2.75, 3.05) is 13.2 Å². The van der Waals surface area contributed by atoms with Gasteiger partial charge in [0.2, 0.25) is 0 Å². The molecule has 0 unspecified atom stereocenters. The summed E-state index contributed by atoms with van der Waals surface area (Å²) in [5, 5.41) is 9.15. The molecule has 0 saturated heterocycles. The molecule has 0 fully saturated rings. The molecule has 2 N–H and O–H groups in total. The molecule has 0 saturated carbocycles. The molecule has 0 spiro atoms. The number of aromatic nitrogens is 2. The smallest absolute Gasteiger partial charge is 0.337 e. The first-order valence-corrected chi connectivity index (χ1v) is 6.63. The second-order valence-corrected chi connectivity index (χ2v) is 4.47. The first kappa shape index (κ1) is 15.0. The number of aromatic amines is 1. The van der Waals surface area contributed by atoms with Gasteiger partial charge in [-0.3, -0.25) is 9.59 Å². The molecular weight excluding hydrogens is 276 g/mol. The fourth-order valence-electron chi connectivity index (χ4n) is 2.16. The maximum atomic E-state index is 12.0. The number of para-hydroxylation sites is 1. The van der Waals surface area contributed by atoms with Crippen molar-refractivity contribution in [2.45, 2.75) is 19.9 Å². The van der Waals surface area contributed by atoms with Crippen molar-refractivity contribution in [3.8, 4) is 0 Å². The molecule has 0 aliphatic heterocycles. The number of fused-ring (bicyclic) bond motifs is 1. The summed E-state index contributed by atoms with van der Waals surface area (Å²) in [6, 6.07) is 4.54. The molecule has 21 heavy (non-hydrogen) atoms. The van der Waals surface area contributed by atoms with E-state index >= 15 is 0 Å². The zero-order chi connectivity index (χ0) is 15.4. The molecule has 1 aromatic heterocycles. The Morgan fingerprint density at radius 1 is 1.38 bits per heavy atom. The number of nitrogens with one attached hydrogen (secondary N) is 1. The Labute approximate surface area is 119 Å². The monoisotopic (exact) mass is 292 g/mol. The number of carboxylic acids is 1. The lowest BCUT2D eigenvalue weighted by molar-refractivity contribution is 0.0698. The molecule has 7 heteroatoms. The number of hydrogen-bond donors (Lipinski definition) is 2. The van der Waals surface area contributed by atoms with Gasteiger partial charge in [-0.25, -0.2) is 4.79 Å². The topological polar surface area (TPSA) is 101 Å². The van der Waals surface area contributed by atoms with E-state index in [1.807, 2.05) is 6.92 Å². The van der Waals surface area contributed by atoms with Gasteiger partial charge in [-0.1, -0.05) is 6.07 Å². The first-order chi connectivity index (χ1) is 10.1. The molecule has 1 heterocycles. The summed E-state index contributed by atoms with van der Waals surface area (Å²) in [6.07, 6.45) is 0.559. The molecular formula is C14H16N2O5. The number of hydrogen-bond acceptors (Lipinski definition) is 4. The fourth-order valence-corrected chi connectivity index (χ4v) is 2.16. The van der Waals surface area contributed by atoms with Gasteiger partial charge in [-0.05, 0) is 25.5 Å². The van der Waals surface area contributed by atoms with Crippen molar-refractivity contribution < 1.29 is 14.6 Å². The van der Waals surface area contributed by atoms with Crippen LogP contribution in [0.5, 0.6) is 0 Å². The van der Waals surface area contributed by atoms with E-state index in [2.05, 4.69) is 4.98 Å². The van der Waals surface area contributed by atoms with Gasteiger partial charge >= 0.3 is 17.1 Å². The van der Waals surface area contributed by atoms with Crippen LogP contribution in [0.2, 0.25) is 0 Å². The third-order valence-corrected chi connectivity index (χ3v) is 3.12. The Balaban J connectivity index is 2.55. The summed E-state index contributed by atoms with van der Waals surface area (Å²) in [7, 11) is 0. The Morgan fingerprint density at radius 2 is 2.14 bits per heavy atom. The third-order valence-electron chi connectivity index (χ3n) is 3.12. The zero-order valence-electron chi connectivity index (χ0n) is 11.6. The number of benzene rings is 1. The van der Waals surface area contributed by atoms with Gasteiger partial charge in [0, 0.05) is 19.8 Å². The Bertz CT molecular complexity index is 775. The lowest BCUT2D eigenvalue weighted by Crippen LogP contribution is -2.37. The predicted octanol–water partition coefficient (Wildman–Crippen LogP) is 0.815. The standard InChI is InChI=1S/C14H16N2O5/c1-2-21-8-4-7-16-10-6-3-5-9(14(19)20)11(10)15-12(17)13(16)18/h3,5-6H,2,4,7-8H2,1H3,(H,15,17)(H,19,20). The Hall–Kier alpha value is -2.41. The van der Waals surface area contributed by atoms with Crippen molar-refractivity contribution >= 4 is 17.0 Å². The molecule has 1 aromatic carbocycles. The first-order valence-electron chi connectivity index (χ1n) is 6.63. The lowest BCUT2D eigenvalue weighted by Gasteiger charge is -2.10. The average molecular weight is 292 g/mol. The number of nitrogens with zero attached hydrogens (tertiary/aromatic N) is 1. The average Bonchev–Trinajstić information content (AvgIpc) is 2.46. The third kappa shape index (κ3) is 3.03. The second-order valence-electron chi connectivity index (χ2n) is 4.47. The van der Waals surface area contributed by atoms with Gasteiger partial charge in [0.15, 0.2) is 0 Å².